The molecule has 0 aliphatic carbocycles. The van der Waals surface area contributed by atoms with Crippen LogP contribution in [0.2, 0.25) is 5.02 Å². The summed E-state index contributed by atoms with van der Waals surface area (Å²) in [6.07, 6.45) is 1.61. The summed E-state index contributed by atoms with van der Waals surface area (Å²) in [7, 11) is 0. The van der Waals surface area contributed by atoms with Crippen LogP contribution < -0.4 is 5.32 Å². The van der Waals surface area contributed by atoms with Crippen molar-refractivity contribution in [1.82, 2.24) is 25.4 Å². The van der Waals surface area contributed by atoms with Crippen molar-refractivity contribution < 1.29 is 0 Å². The van der Waals surface area contributed by atoms with Gasteiger partial charge in [-0.2, -0.15) is 10.2 Å². The Morgan fingerprint density at radius 2 is 1.77 bits per heavy atom. The van der Waals surface area contributed by atoms with Crippen molar-refractivity contribution >= 4 is 17.5 Å². The second-order valence-corrected chi connectivity index (χ2v) is 6.11. The van der Waals surface area contributed by atoms with E-state index < -0.39 is 0 Å². The van der Waals surface area contributed by atoms with E-state index in [4.69, 9.17) is 11.6 Å². The topological polar surface area (TPSA) is 79.4 Å². The normalized spacial score (nSPS) is 10.7. The lowest BCUT2D eigenvalue weighted by molar-refractivity contribution is 0.923. The predicted molar refractivity (Wildman–Crippen MR) is 102 cm³/mol. The number of benzene rings is 2. The van der Waals surface area contributed by atoms with Gasteiger partial charge in [-0.05, 0) is 18.2 Å². The van der Waals surface area contributed by atoms with Crippen LogP contribution in [-0.4, -0.2) is 25.4 Å². The number of hydrogen-bond acceptors (Lipinski definition) is 5. The largest absolute Gasteiger partial charge is 0.347 e. The number of anilines is 1. The molecule has 4 rings (SSSR count). The van der Waals surface area contributed by atoms with Crippen LogP contribution in [0.3, 0.4) is 0 Å². The molecule has 0 saturated heterocycles. The average molecular weight is 363 g/mol. The molecular weight excluding hydrogens is 348 g/mol. The van der Waals surface area contributed by atoms with Gasteiger partial charge in [0.25, 0.3) is 0 Å². The van der Waals surface area contributed by atoms with E-state index in [0.29, 0.717) is 23.2 Å². The number of aromatic nitrogens is 5. The smallest absolute Gasteiger partial charge is 0.243 e. The van der Waals surface area contributed by atoms with E-state index in [1.54, 1.807) is 6.20 Å². The third kappa shape index (κ3) is 3.70. The van der Waals surface area contributed by atoms with Crippen LogP contribution in [0.15, 0.2) is 66.9 Å². The first-order valence-corrected chi connectivity index (χ1v) is 8.45. The predicted octanol–water partition coefficient (Wildman–Crippen LogP) is 4.19. The first-order chi connectivity index (χ1) is 12.8. The fourth-order valence-electron chi connectivity index (χ4n) is 2.55. The van der Waals surface area contributed by atoms with E-state index in [-0.39, 0.29) is 0 Å². The summed E-state index contributed by atoms with van der Waals surface area (Å²) in [5.41, 5.74) is 4.49. The Balaban J connectivity index is 1.47. The van der Waals surface area contributed by atoms with Gasteiger partial charge in [0, 0.05) is 16.1 Å². The molecular formula is C19H15ClN6. The molecule has 26 heavy (non-hydrogen) atoms. The second kappa shape index (κ2) is 7.33. The van der Waals surface area contributed by atoms with Gasteiger partial charge in [0.15, 0.2) is 0 Å². The summed E-state index contributed by atoms with van der Waals surface area (Å²) in [6, 6.07) is 19.5. The molecule has 0 bridgehead atoms. The van der Waals surface area contributed by atoms with E-state index in [0.717, 1.165) is 22.5 Å². The number of H-pyrrole nitrogens is 1. The molecule has 0 fully saturated rings. The van der Waals surface area contributed by atoms with Gasteiger partial charge in [0.05, 0.1) is 29.8 Å². The summed E-state index contributed by atoms with van der Waals surface area (Å²) >= 11 is 6.04. The Labute approximate surface area is 155 Å². The van der Waals surface area contributed by atoms with Crippen LogP contribution in [0.4, 0.5) is 5.95 Å². The summed E-state index contributed by atoms with van der Waals surface area (Å²) in [5.74, 6) is 0.443. The maximum Gasteiger partial charge on any atom is 0.243 e. The van der Waals surface area contributed by atoms with Gasteiger partial charge >= 0.3 is 0 Å². The highest BCUT2D eigenvalue weighted by Crippen LogP contribution is 2.21. The van der Waals surface area contributed by atoms with Gasteiger partial charge in [0.2, 0.25) is 5.95 Å². The van der Waals surface area contributed by atoms with Gasteiger partial charge < -0.3 is 5.32 Å². The number of halogens is 1. The first-order valence-electron chi connectivity index (χ1n) is 8.07. The summed E-state index contributed by atoms with van der Waals surface area (Å²) in [5, 5.41) is 19.2. The first kappa shape index (κ1) is 16.2. The van der Waals surface area contributed by atoms with Crippen LogP contribution in [0.1, 0.15) is 5.69 Å². The lowest BCUT2D eigenvalue weighted by Gasteiger charge is -2.05. The highest BCUT2D eigenvalue weighted by atomic mass is 35.5. The van der Waals surface area contributed by atoms with Crippen molar-refractivity contribution in [2.45, 2.75) is 6.54 Å². The molecule has 0 unspecified atom stereocenters. The SMILES string of the molecule is Clc1cccc(-c2cnnc(NCc3cc(-c4ccccc4)n[nH]3)n2)c1. The minimum absolute atomic E-state index is 0.443. The van der Waals surface area contributed by atoms with E-state index in [2.05, 4.69) is 30.7 Å². The average Bonchev–Trinajstić information content (AvgIpc) is 3.16. The molecule has 128 valence electrons. The lowest BCUT2D eigenvalue weighted by atomic mass is 10.1. The Morgan fingerprint density at radius 1 is 0.923 bits per heavy atom. The molecule has 2 N–H and O–H groups in total. The number of hydrogen-bond donors (Lipinski definition) is 2. The second-order valence-electron chi connectivity index (χ2n) is 5.67. The zero-order valence-corrected chi connectivity index (χ0v) is 14.5. The molecule has 0 spiro atoms. The lowest BCUT2D eigenvalue weighted by Crippen LogP contribution is -2.05. The highest BCUT2D eigenvalue weighted by molar-refractivity contribution is 6.30. The zero-order valence-electron chi connectivity index (χ0n) is 13.7. The Hall–Kier alpha value is -3.25. The fourth-order valence-corrected chi connectivity index (χ4v) is 2.74. The number of aromatic amines is 1. The Kier molecular flexibility index (Phi) is 4.57. The van der Waals surface area contributed by atoms with Gasteiger partial charge in [0.1, 0.15) is 0 Å². The molecule has 7 heteroatoms. The molecule has 0 atom stereocenters. The van der Waals surface area contributed by atoms with Crippen LogP contribution in [0.5, 0.6) is 0 Å². The molecule has 2 aromatic heterocycles. The van der Waals surface area contributed by atoms with Crippen molar-refractivity contribution in [2.24, 2.45) is 0 Å². The molecule has 4 aromatic rings. The standard InChI is InChI=1S/C19H15ClN6/c20-15-8-4-7-14(9-15)18-12-22-26-19(23-18)21-11-16-10-17(25-24-16)13-5-2-1-3-6-13/h1-10,12H,11H2,(H,24,25)(H,21,23,26). The van der Waals surface area contributed by atoms with Crippen molar-refractivity contribution in [2.75, 3.05) is 5.32 Å². The van der Waals surface area contributed by atoms with E-state index in [1.165, 1.54) is 0 Å². The highest BCUT2D eigenvalue weighted by Gasteiger charge is 2.06. The molecule has 2 aromatic carbocycles. The molecule has 0 saturated carbocycles. The fraction of sp³-hybridized carbons (Fsp3) is 0.0526. The molecule has 2 heterocycles. The monoisotopic (exact) mass is 362 g/mol. The van der Waals surface area contributed by atoms with Gasteiger partial charge in [-0.3, -0.25) is 5.10 Å². The maximum atomic E-state index is 6.04. The van der Waals surface area contributed by atoms with E-state index in [9.17, 15) is 0 Å². The van der Waals surface area contributed by atoms with Crippen molar-refractivity contribution in [3.05, 3.63) is 77.6 Å². The van der Waals surface area contributed by atoms with E-state index in [1.807, 2.05) is 60.7 Å². The van der Waals surface area contributed by atoms with Gasteiger partial charge in [-0.15, -0.1) is 5.10 Å². The third-order valence-electron chi connectivity index (χ3n) is 3.82. The summed E-state index contributed by atoms with van der Waals surface area (Å²) < 4.78 is 0. The van der Waals surface area contributed by atoms with Crippen LogP contribution >= 0.6 is 11.6 Å². The third-order valence-corrected chi connectivity index (χ3v) is 4.05. The minimum atomic E-state index is 0.443. The summed E-state index contributed by atoms with van der Waals surface area (Å²) in [4.78, 5) is 4.49. The quantitative estimate of drug-likeness (QED) is 0.556. The zero-order chi connectivity index (χ0) is 17.8. The van der Waals surface area contributed by atoms with Crippen molar-refractivity contribution in [1.29, 1.82) is 0 Å². The van der Waals surface area contributed by atoms with Crippen LogP contribution in [0.25, 0.3) is 22.5 Å². The Morgan fingerprint density at radius 3 is 2.62 bits per heavy atom. The van der Waals surface area contributed by atoms with Crippen molar-refractivity contribution in [3.8, 4) is 22.5 Å². The number of rotatable bonds is 5. The van der Waals surface area contributed by atoms with Gasteiger partial charge in [-0.1, -0.05) is 54.1 Å². The molecule has 0 aliphatic heterocycles. The molecule has 0 aliphatic rings. The van der Waals surface area contributed by atoms with Crippen LogP contribution in [0, 0.1) is 0 Å². The molecule has 0 amide bonds. The minimum Gasteiger partial charge on any atom is -0.347 e. The van der Waals surface area contributed by atoms with Crippen molar-refractivity contribution in [3.63, 3.8) is 0 Å². The van der Waals surface area contributed by atoms with Crippen LogP contribution in [-0.2, 0) is 6.54 Å². The Bertz CT molecular complexity index is 1020. The summed E-state index contributed by atoms with van der Waals surface area (Å²) in [6.45, 7) is 0.514. The number of nitrogens with one attached hydrogen (secondary N) is 2. The molecule has 6 nitrogen and oxygen atoms in total. The maximum absolute atomic E-state index is 6.04. The van der Waals surface area contributed by atoms with E-state index >= 15 is 0 Å². The molecule has 0 radical (unpaired) electrons. The van der Waals surface area contributed by atoms with Gasteiger partial charge in [-0.25, -0.2) is 4.98 Å². The number of nitrogens with zero attached hydrogens (tertiary/aromatic N) is 4.